The zero-order valence-corrected chi connectivity index (χ0v) is 46.2. The van der Waals surface area contributed by atoms with Crippen LogP contribution in [-0.2, 0) is 88.2 Å². The summed E-state index contributed by atoms with van der Waals surface area (Å²) in [6.45, 7) is 2.98. The number of hydrogen-bond donors (Lipinski definition) is 0. The first-order chi connectivity index (χ1) is 40.0. The molecule has 424 valence electrons. The third kappa shape index (κ3) is 16.7. The number of ether oxygens (including phenoxy) is 10. The zero-order valence-electron chi connectivity index (χ0n) is 45.4. The maximum Gasteiger partial charge on any atom is 0.338 e. The minimum Gasteiger partial charge on any atom is -0.459 e. The number of esters is 4. The molecule has 0 saturated carbocycles. The molecule has 7 aromatic rings. The topological polar surface area (TPSA) is 178 Å². The van der Waals surface area contributed by atoms with Crippen molar-refractivity contribution in [1.29, 1.82) is 0 Å². The predicted molar refractivity (Wildman–Crippen MR) is 303 cm³/mol. The third-order valence-electron chi connectivity index (χ3n) is 13.5. The van der Waals surface area contributed by atoms with E-state index >= 15 is 0 Å². The number of Topliss-reactive ketones (excluding diaryl/α,β-unsaturated/α-hetero) is 1. The minimum absolute atomic E-state index is 0.0254. The fraction of sp³-hybridized carbons (Fsp3) is 0.288. The second kappa shape index (κ2) is 29.8. The number of carbonyl (C=O) groups is 5. The van der Waals surface area contributed by atoms with E-state index in [0.29, 0.717) is 11.1 Å². The van der Waals surface area contributed by atoms with Gasteiger partial charge < -0.3 is 52.2 Å². The highest BCUT2D eigenvalue weighted by molar-refractivity contribution is 7.99. The maximum atomic E-state index is 14.9. The second-order valence-electron chi connectivity index (χ2n) is 19.7. The molecule has 15 nitrogen and oxygen atoms in total. The van der Waals surface area contributed by atoms with E-state index in [4.69, 9.17) is 47.4 Å². The van der Waals surface area contributed by atoms with Crippen molar-refractivity contribution in [2.75, 3.05) is 6.61 Å². The van der Waals surface area contributed by atoms with Crippen molar-refractivity contribution in [3.05, 3.63) is 245 Å². The van der Waals surface area contributed by atoms with Gasteiger partial charge in [-0.3, -0.25) is 4.79 Å². The van der Waals surface area contributed by atoms with Gasteiger partial charge in [-0.05, 0) is 72.5 Å². The monoisotopic (exact) mass is 1130 g/mol. The molecule has 0 bridgehead atoms. The van der Waals surface area contributed by atoms with Crippen LogP contribution in [0.25, 0.3) is 0 Å². The van der Waals surface area contributed by atoms with Crippen molar-refractivity contribution in [3.8, 4) is 0 Å². The summed E-state index contributed by atoms with van der Waals surface area (Å²) >= 11 is 1.31. The van der Waals surface area contributed by atoms with E-state index in [9.17, 15) is 24.0 Å². The molecule has 16 heteroatoms. The molecule has 2 fully saturated rings. The number of ketones is 1. The molecule has 0 aliphatic carbocycles. The Morgan fingerprint density at radius 3 is 1.46 bits per heavy atom. The molecule has 0 aromatic heterocycles. The number of benzene rings is 7. The highest BCUT2D eigenvalue weighted by Gasteiger charge is 2.58. The van der Waals surface area contributed by atoms with Crippen LogP contribution in [0.3, 0.4) is 0 Å². The number of thioether (sulfide) groups is 1. The molecular weight excluding hydrogens is 1060 g/mol. The van der Waals surface area contributed by atoms with E-state index in [-0.39, 0.29) is 62.8 Å². The molecule has 2 aliphatic heterocycles. The summed E-state index contributed by atoms with van der Waals surface area (Å²) in [5.74, 6) is -3.64. The molecule has 10 atom stereocenters. The van der Waals surface area contributed by atoms with Crippen LogP contribution < -0.4 is 0 Å². The molecular formula is C66H64O15S. The van der Waals surface area contributed by atoms with Crippen LogP contribution >= 0.6 is 11.8 Å². The van der Waals surface area contributed by atoms with Crippen LogP contribution in [0.2, 0.25) is 0 Å². The lowest BCUT2D eigenvalue weighted by Crippen LogP contribution is -2.67. The molecule has 0 spiro atoms. The molecule has 7 aromatic carbocycles. The fourth-order valence-corrected chi connectivity index (χ4v) is 10.4. The number of aryl methyl sites for hydroxylation is 1. The molecule has 2 aliphatic rings. The van der Waals surface area contributed by atoms with Gasteiger partial charge in [0.1, 0.15) is 42.2 Å². The Balaban J connectivity index is 1.18. The molecule has 0 unspecified atom stereocenters. The lowest BCUT2D eigenvalue weighted by Gasteiger charge is -2.49. The van der Waals surface area contributed by atoms with Crippen LogP contribution in [0.4, 0.5) is 0 Å². The van der Waals surface area contributed by atoms with E-state index in [1.54, 1.807) is 84.9 Å². The highest BCUT2D eigenvalue weighted by Crippen LogP contribution is 2.41. The van der Waals surface area contributed by atoms with Crippen LogP contribution in [-0.4, -0.2) is 96.8 Å². The number of rotatable bonds is 25. The van der Waals surface area contributed by atoms with Crippen LogP contribution in [0.5, 0.6) is 0 Å². The lowest BCUT2D eigenvalue weighted by atomic mass is 9.95. The van der Waals surface area contributed by atoms with E-state index < -0.39 is 84.4 Å². The zero-order chi connectivity index (χ0) is 57.0. The smallest absolute Gasteiger partial charge is 0.338 e. The summed E-state index contributed by atoms with van der Waals surface area (Å²) in [6.07, 6.45) is -14.1. The van der Waals surface area contributed by atoms with Crippen LogP contribution in [0.15, 0.2) is 211 Å². The SMILES string of the molecule is CC(=O)CCC(=O)O[C@@H]1[C@@H](OC(=O)c2ccccc2)[C@H](O[C@H]2[C@H](OCc3ccccc3)[C@@H](OC(=O)c3ccccc3)[C@H](Sc3ccc(C)cc3)O[C@@H]2COCc2ccccc2)O[C@H](C(=O)OCc2ccccc2)[C@H]1OCc1ccccc1. The first kappa shape index (κ1) is 58.8. The fourth-order valence-electron chi connectivity index (χ4n) is 9.28. The van der Waals surface area contributed by atoms with Gasteiger partial charge in [-0.25, -0.2) is 14.4 Å². The van der Waals surface area contributed by atoms with Gasteiger partial charge in [0.25, 0.3) is 0 Å². The van der Waals surface area contributed by atoms with Crippen molar-refractivity contribution < 1.29 is 71.3 Å². The second-order valence-corrected chi connectivity index (χ2v) is 20.9. The Morgan fingerprint density at radius 1 is 0.463 bits per heavy atom. The first-order valence-electron chi connectivity index (χ1n) is 27.1. The van der Waals surface area contributed by atoms with Crippen molar-refractivity contribution in [2.24, 2.45) is 0 Å². The van der Waals surface area contributed by atoms with Gasteiger partial charge >= 0.3 is 23.9 Å². The van der Waals surface area contributed by atoms with Gasteiger partial charge in [-0.15, -0.1) is 0 Å². The van der Waals surface area contributed by atoms with Gasteiger partial charge in [-0.2, -0.15) is 0 Å². The summed E-state index contributed by atoms with van der Waals surface area (Å²) < 4.78 is 66.6. The van der Waals surface area contributed by atoms with E-state index in [2.05, 4.69) is 0 Å². The van der Waals surface area contributed by atoms with Gasteiger partial charge in [0.05, 0.1) is 44.0 Å². The third-order valence-corrected chi connectivity index (χ3v) is 14.7. The normalized spacial score (nSPS) is 22.3. The van der Waals surface area contributed by atoms with Gasteiger partial charge in [0, 0.05) is 11.3 Å². The van der Waals surface area contributed by atoms with E-state index in [1.807, 2.05) is 128 Å². The molecule has 0 radical (unpaired) electrons. The van der Waals surface area contributed by atoms with Crippen molar-refractivity contribution in [3.63, 3.8) is 0 Å². The summed E-state index contributed by atoms with van der Waals surface area (Å²) in [5, 5.41) is 0. The van der Waals surface area contributed by atoms with E-state index in [0.717, 1.165) is 21.6 Å². The molecule has 0 N–H and O–H groups in total. The van der Waals surface area contributed by atoms with Gasteiger partial charge in [0.2, 0.25) is 0 Å². The Hall–Kier alpha value is -7.80. The summed E-state index contributed by atoms with van der Waals surface area (Å²) in [6, 6.07) is 61.4. The largest absolute Gasteiger partial charge is 0.459 e. The van der Waals surface area contributed by atoms with Crippen LogP contribution in [0.1, 0.15) is 68.3 Å². The van der Waals surface area contributed by atoms with Crippen molar-refractivity contribution >= 4 is 41.4 Å². The minimum atomic E-state index is -1.84. The Labute approximate surface area is 481 Å². The summed E-state index contributed by atoms with van der Waals surface area (Å²) in [5.41, 5.74) is 3.40. The van der Waals surface area contributed by atoms with Gasteiger partial charge in [0.15, 0.2) is 30.7 Å². The van der Waals surface area contributed by atoms with E-state index in [1.165, 1.54) is 18.7 Å². The average molecular weight is 1130 g/mol. The first-order valence-corrected chi connectivity index (χ1v) is 28.0. The molecule has 2 saturated heterocycles. The van der Waals surface area contributed by atoms with Crippen molar-refractivity contribution in [2.45, 2.75) is 119 Å². The highest BCUT2D eigenvalue weighted by atomic mass is 32.2. The predicted octanol–water partition coefficient (Wildman–Crippen LogP) is 10.8. The standard InChI is InChI=1S/C66H64O15S/c1-44-33-36-52(37-34-44)82-66-61(79-63(70)51-31-19-8-20-32-51)56(73-40-47-23-11-4-12-24-47)55(53(76-66)43-72-39-46-21-9-3-10-22-46)80-65-60(78-62(69)50-29-17-7-18-30-50)58(77-54(68)38-35-45(2)67)57(74-41-48-25-13-5-14-26-48)59(81-65)64(71)75-42-49-27-15-6-16-28-49/h3-34,36-37,53,55-61,65-66H,35,38-43H2,1-2H3/t53-,55-,56+,57+,58+,59+,60-,61-,65-,66+/m1/s1. The molecule has 0 amide bonds. The molecule has 9 rings (SSSR count). The number of carbonyl (C=O) groups excluding carboxylic acids is 5. The molecule has 82 heavy (non-hydrogen) atoms. The lowest BCUT2D eigenvalue weighted by molar-refractivity contribution is -0.340. The Morgan fingerprint density at radius 2 is 0.939 bits per heavy atom. The summed E-state index contributed by atoms with van der Waals surface area (Å²) in [7, 11) is 0. The Bertz CT molecular complexity index is 3120. The Kier molecular flexibility index (Phi) is 21.4. The van der Waals surface area contributed by atoms with Crippen LogP contribution in [0, 0.1) is 6.92 Å². The quantitative estimate of drug-likeness (QED) is 0.0390. The van der Waals surface area contributed by atoms with Crippen molar-refractivity contribution in [1.82, 2.24) is 0 Å². The summed E-state index contributed by atoms with van der Waals surface area (Å²) in [4.78, 5) is 71.3. The maximum absolute atomic E-state index is 14.9. The number of hydrogen-bond acceptors (Lipinski definition) is 16. The van der Waals surface area contributed by atoms with Gasteiger partial charge in [-0.1, -0.05) is 187 Å². The average Bonchev–Trinajstić information content (AvgIpc) is 3.62. The molecule has 2 heterocycles.